The number of hydrogen-bond acceptors (Lipinski definition) is 3. The van der Waals surface area contributed by atoms with E-state index in [1.54, 1.807) is 12.4 Å². The Balaban J connectivity index is 1.69. The Morgan fingerprint density at radius 3 is 2.76 bits per heavy atom. The van der Waals surface area contributed by atoms with Crippen LogP contribution in [0.3, 0.4) is 0 Å². The normalized spacial score (nSPS) is 20.7. The van der Waals surface area contributed by atoms with Crippen molar-refractivity contribution in [2.24, 2.45) is 5.92 Å². The minimum Gasteiger partial charge on any atom is -0.365 e. The lowest BCUT2D eigenvalue weighted by atomic mass is 10.1. The van der Waals surface area contributed by atoms with Gasteiger partial charge < -0.3 is 9.88 Å². The van der Waals surface area contributed by atoms with Gasteiger partial charge in [-0.2, -0.15) is 0 Å². The number of anilines is 1. The zero-order valence-electron chi connectivity index (χ0n) is 10.1. The maximum Gasteiger partial charge on any atom is 0.293 e. The highest BCUT2D eigenvalue weighted by Crippen LogP contribution is 2.33. The molecule has 4 nitrogen and oxygen atoms in total. The Hall–Kier alpha value is -1.32. The Morgan fingerprint density at radius 1 is 1.29 bits per heavy atom. The summed E-state index contributed by atoms with van der Waals surface area (Å²) in [6.07, 6.45) is 11.0. The van der Waals surface area contributed by atoms with Crippen LogP contribution >= 0.6 is 0 Å². The summed E-state index contributed by atoms with van der Waals surface area (Å²) in [5.41, 5.74) is 0.0491. The minimum atomic E-state index is 0.0491. The third-order valence-electron chi connectivity index (χ3n) is 3.84. The summed E-state index contributed by atoms with van der Waals surface area (Å²) < 4.78 is 1.82. The van der Waals surface area contributed by atoms with Crippen molar-refractivity contribution in [1.82, 2.24) is 9.55 Å². The number of nitrogens with one attached hydrogen (secondary N) is 1. The summed E-state index contributed by atoms with van der Waals surface area (Å²) in [4.78, 5) is 16.3. The molecule has 2 fully saturated rings. The molecule has 1 heterocycles. The first kappa shape index (κ1) is 10.8. The van der Waals surface area contributed by atoms with Gasteiger partial charge in [0, 0.05) is 25.0 Å². The molecule has 0 bridgehead atoms. The van der Waals surface area contributed by atoms with Crippen LogP contribution in [0.1, 0.15) is 44.6 Å². The standard InChI is InChI=1S/C13H19N3O/c17-13-12(15-9-10-3-1-2-4-10)14-7-8-16(13)11-5-6-11/h7-8,10-11H,1-6,9H2,(H,14,15). The third kappa shape index (κ3) is 2.35. The highest BCUT2D eigenvalue weighted by molar-refractivity contribution is 5.31. The fourth-order valence-electron chi connectivity index (χ4n) is 2.64. The van der Waals surface area contributed by atoms with E-state index >= 15 is 0 Å². The van der Waals surface area contributed by atoms with Gasteiger partial charge in [-0.1, -0.05) is 12.8 Å². The second-order valence-corrected chi connectivity index (χ2v) is 5.25. The van der Waals surface area contributed by atoms with E-state index in [9.17, 15) is 4.79 Å². The molecule has 17 heavy (non-hydrogen) atoms. The first-order valence-electron chi connectivity index (χ1n) is 6.65. The van der Waals surface area contributed by atoms with Crippen LogP contribution in [0.4, 0.5) is 5.82 Å². The fraction of sp³-hybridized carbons (Fsp3) is 0.692. The predicted molar refractivity (Wildman–Crippen MR) is 67.2 cm³/mol. The number of aromatic nitrogens is 2. The zero-order chi connectivity index (χ0) is 11.7. The second-order valence-electron chi connectivity index (χ2n) is 5.25. The summed E-state index contributed by atoms with van der Waals surface area (Å²) in [6.45, 7) is 0.900. The van der Waals surface area contributed by atoms with Crippen LogP contribution in [-0.4, -0.2) is 16.1 Å². The summed E-state index contributed by atoms with van der Waals surface area (Å²) in [5.74, 6) is 1.26. The molecular weight excluding hydrogens is 214 g/mol. The van der Waals surface area contributed by atoms with Gasteiger partial charge in [-0.05, 0) is 31.6 Å². The van der Waals surface area contributed by atoms with Crippen molar-refractivity contribution in [3.8, 4) is 0 Å². The van der Waals surface area contributed by atoms with E-state index in [1.807, 2.05) is 4.57 Å². The highest BCUT2D eigenvalue weighted by atomic mass is 16.1. The molecule has 4 heteroatoms. The SMILES string of the molecule is O=c1c(NCC2CCCC2)nccn1C1CC1. The summed E-state index contributed by atoms with van der Waals surface area (Å²) in [5, 5.41) is 3.23. The Bertz CT molecular complexity index is 444. The van der Waals surface area contributed by atoms with Crippen molar-refractivity contribution >= 4 is 5.82 Å². The maximum absolute atomic E-state index is 12.1. The summed E-state index contributed by atoms with van der Waals surface area (Å²) in [6, 6.07) is 0.428. The molecule has 1 aromatic rings. The topological polar surface area (TPSA) is 46.9 Å². The van der Waals surface area contributed by atoms with Gasteiger partial charge in [-0.15, -0.1) is 0 Å². The second kappa shape index (κ2) is 4.51. The largest absolute Gasteiger partial charge is 0.365 e. The molecule has 92 valence electrons. The molecule has 2 saturated carbocycles. The van der Waals surface area contributed by atoms with Gasteiger partial charge in [0.15, 0.2) is 5.82 Å². The van der Waals surface area contributed by atoms with E-state index in [0.29, 0.717) is 11.9 Å². The van der Waals surface area contributed by atoms with E-state index in [1.165, 1.54) is 25.7 Å². The van der Waals surface area contributed by atoms with E-state index in [2.05, 4.69) is 10.3 Å². The Kier molecular flexibility index (Phi) is 2.87. The van der Waals surface area contributed by atoms with Gasteiger partial charge in [0.25, 0.3) is 5.56 Å². The fourth-order valence-corrected chi connectivity index (χ4v) is 2.64. The molecule has 0 aromatic carbocycles. The molecule has 0 atom stereocenters. The first-order valence-corrected chi connectivity index (χ1v) is 6.65. The Labute approximate surface area is 101 Å². The molecule has 0 aliphatic heterocycles. The van der Waals surface area contributed by atoms with Crippen molar-refractivity contribution < 1.29 is 0 Å². The van der Waals surface area contributed by atoms with Crippen molar-refractivity contribution in [2.75, 3.05) is 11.9 Å². The monoisotopic (exact) mass is 233 g/mol. The van der Waals surface area contributed by atoms with Gasteiger partial charge in [0.05, 0.1) is 0 Å². The first-order chi connectivity index (χ1) is 8.34. The van der Waals surface area contributed by atoms with Crippen molar-refractivity contribution in [2.45, 2.75) is 44.6 Å². The van der Waals surface area contributed by atoms with Crippen LogP contribution in [0.25, 0.3) is 0 Å². The average molecular weight is 233 g/mol. The molecule has 0 amide bonds. The number of nitrogens with zero attached hydrogens (tertiary/aromatic N) is 2. The van der Waals surface area contributed by atoms with Crippen LogP contribution in [-0.2, 0) is 0 Å². The number of hydrogen-bond donors (Lipinski definition) is 1. The van der Waals surface area contributed by atoms with Crippen LogP contribution in [0.15, 0.2) is 17.2 Å². The third-order valence-corrected chi connectivity index (χ3v) is 3.84. The molecular formula is C13H19N3O. The van der Waals surface area contributed by atoms with Crippen molar-refractivity contribution in [1.29, 1.82) is 0 Å². The van der Waals surface area contributed by atoms with E-state index < -0.39 is 0 Å². The van der Waals surface area contributed by atoms with Crippen LogP contribution < -0.4 is 10.9 Å². The Morgan fingerprint density at radius 2 is 2.06 bits per heavy atom. The highest BCUT2D eigenvalue weighted by Gasteiger charge is 2.25. The molecule has 0 radical (unpaired) electrons. The smallest absolute Gasteiger partial charge is 0.293 e. The van der Waals surface area contributed by atoms with Gasteiger partial charge in [0.1, 0.15) is 0 Å². The molecule has 3 rings (SSSR count). The van der Waals surface area contributed by atoms with E-state index in [-0.39, 0.29) is 5.56 Å². The molecule has 0 unspecified atom stereocenters. The lowest BCUT2D eigenvalue weighted by Gasteiger charge is -2.11. The maximum atomic E-state index is 12.1. The minimum absolute atomic E-state index is 0.0491. The predicted octanol–water partition coefficient (Wildman–Crippen LogP) is 2.18. The molecule has 1 N–H and O–H groups in total. The van der Waals surface area contributed by atoms with Gasteiger partial charge >= 0.3 is 0 Å². The van der Waals surface area contributed by atoms with Gasteiger partial charge in [-0.25, -0.2) is 4.98 Å². The van der Waals surface area contributed by atoms with Crippen LogP contribution in [0.2, 0.25) is 0 Å². The van der Waals surface area contributed by atoms with Crippen molar-refractivity contribution in [3.05, 3.63) is 22.7 Å². The quantitative estimate of drug-likeness (QED) is 0.867. The van der Waals surface area contributed by atoms with Crippen LogP contribution in [0, 0.1) is 5.92 Å². The summed E-state index contributed by atoms with van der Waals surface area (Å²) in [7, 11) is 0. The van der Waals surface area contributed by atoms with E-state index in [0.717, 1.165) is 25.3 Å². The molecule has 0 saturated heterocycles. The zero-order valence-corrected chi connectivity index (χ0v) is 10.1. The molecule has 2 aliphatic rings. The number of rotatable bonds is 4. The summed E-state index contributed by atoms with van der Waals surface area (Å²) >= 11 is 0. The molecule has 0 spiro atoms. The van der Waals surface area contributed by atoms with Crippen molar-refractivity contribution in [3.63, 3.8) is 0 Å². The lowest BCUT2D eigenvalue weighted by molar-refractivity contribution is 0.577. The van der Waals surface area contributed by atoms with Gasteiger partial charge in [-0.3, -0.25) is 4.79 Å². The average Bonchev–Trinajstić information content (AvgIpc) is 3.04. The molecule has 2 aliphatic carbocycles. The molecule has 1 aromatic heterocycles. The van der Waals surface area contributed by atoms with Crippen LogP contribution in [0.5, 0.6) is 0 Å². The van der Waals surface area contributed by atoms with E-state index in [4.69, 9.17) is 0 Å². The lowest BCUT2D eigenvalue weighted by Crippen LogP contribution is -2.25. The van der Waals surface area contributed by atoms with Gasteiger partial charge in [0.2, 0.25) is 0 Å².